The molecule has 0 radical (unpaired) electrons. The number of nitro groups is 1. The number of hydrogen-bond acceptors (Lipinski definition) is 6. The van der Waals surface area contributed by atoms with E-state index in [1.165, 1.54) is 11.8 Å². The summed E-state index contributed by atoms with van der Waals surface area (Å²) < 4.78 is 5.65. The molecule has 2 aromatic rings. The number of benzene rings is 1. The van der Waals surface area contributed by atoms with Crippen LogP contribution < -0.4 is 10.1 Å². The fourth-order valence-corrected chi connectivity index (χ4v) is 3.04. The summed E-state index contributed by atoms with van der Waals surface area (Å²) in [6, 6.07) is 8.03. The van der Waals surface area contributed by atoms with E-state index >= 15 is 0 Å². The van der Waals surface area contributed by atoms with E-state index in [-0.39, 0.29) is 17.0 Å². The molecule has 2 atom stereocenters. The summed E-state index contributed by atoms with van der Waals surface area (Å²) in [5.74, 6) is 1.13. The lowest BCUT2D eigenvalue weighted by atomic mass is 9.95. The number of rotatable bonds is 4. The van der Waals surface area contributed by atoms with E-state index in [1.54, 1.807) is 0 Å². The molecule has 1 aromatic heterocycles. The van der Waals surface area contributed by atoms with Crippen LogP contribution in [-0.4, -0.2) is 22.6 Å². The molecular weight excluding hydrogens is 278 g/mol. The Balaban J connectivity index is 1.74. The van der Waals surface area contributed by atoms with Gasteiger partial charge in [0.05, 0.1) is 11.5 Å². The zero-order valence-electron chi connectivity index (χ0n) is 10.8. The Hall–Kier alpha value is -2.15. The number of fused-ring (bicyclic) bond motifs is 1. The lowest BCUT2D eigenvalue weighted by Gasteiger charge is -2.19. The van der Waals surface area contributed by atoms with Gasteiger partial charge < -0.3 is 10.1 Å². The molecule has 3 rings (SSSR count). The first-order chi connectivity index (χ1) is 9.65. The fourth-order valence-electron chi connectivity index (χ4n) is 2.31. The second kappa shape index (κ2) is 5.09. The standard InChI is InChI=1S/C13H13N3O3S/c1-8(15-13-14-6-12(20-13)16(17)18)10-7-19-11-5-3-2-4-9(10)11/h2-6,8,10H,7H2,1H3,(H,14,15)/t8-,10+/m0/s1. The predicted molar refractivity (Wildman–Crippen MR) is 76.5 cm³/mol. The summed E-state index contributed by atoms with van der Waals surface area (Å²) in [6.45, 7) is 2.64. The maximum atomic E-state index is 10.6. The van der Waals surface area contributed by atoms with Gasteiger partial charge >= 0.3 is 5.00 Å². The first-order valence-electron chi connectivity index (χ1n) is 6.23. The molecule has 0 spiro atoms. The number of para-hydroxylation sites is 1. The minimum absolute atomic E-state index is 0.0442. The average molecular weight is 291 g/mol. The summed E-state index contributed by atoms with van der Waals surface area (Å²) in [7, 11) is 0. The topological polar surface area (TPSA) is 77.3 Å². The van der Waals surface area contributed by atoms with Gasteiger partial charge in [-0.2, -0.15) is 0 Å². The van der Waals surface area contributed by atoms with Gasteiger partial charge in [0, 0.05) is 17.5 Å². The zero-order valence-corrected chi connectivity index (χ0v) is 11.6. The summed E-state index contributed by atoms with van der Waals surface area (Å²) in [6.07, 6.45) is 1.28. The normalized spacial score (nSPS) is 18.1. The van der Waals surface area contributed by atoms with Gasteiger partial charge in [-0.1, -0.05) is 18.2 Å². The second-order valence-electron chi connectivity index (χ2n) is 4.65. The molecule has 0 unspecified atom stereocenters. The molecule has 1 aromatic carbocycles. The van der Waals surface area contributed by atoms with Crippen molar-refractivity contribution in [3.63, 3.8) is 0 Å². The smallest absolute Gasteiger partial charge is 0.345 e. The molecule has 6 nitrogen and oxygen atoms in total. The van der Waals surface area contributed by atoms with E-state index in [9.17, 15) is 10.1 Å². The van der Waals surface area contributed by atoms with Crippen LogP contribution in [0.1, 0.15) is 18.4 Å². The lowest BCUT2D eigenvalue weighted by Crippen LogP contribution is -2.25. The summed E-state index contributed by atoms with van der Waals surface area (Å²) in [4.78, 5) is 14.2. The van der Waals surface area contributed by atoms with E-state index in [2.05, 4.69) is 16.4 Å². The van der Waals surface area contributed by atoms with Crippen LogP contribution in [0.15, 0.2) is 30.5 Å². The Morgan fingerprint density at radius 1 is 1.55 bits per heavy atom. The largest absolute Gasteiger partial charge is 0.493 e. The molecule has 0 bridgehead atoms. The first kappa shape index (κ1) is 12.9. The number of nitrogens with zero attached hydrogens (tertiary/aromatic N) is 2. The second-order valence-corrected chi connectivity index (χ2v) is 5.66. The molecule has 0 fully saturated rings. The Morgan fingerprint density at radius 2 is 2.35 bits per heavy atom. The van der Waals surface area contributed by atoms with Crippen molar-refractivity contribution < 1.29 is 9.66 Å². The van der Waals surface area contributed by atoms with Crippen LogP contribution in [0.4, 0.5) is 10.1 Å². The molecule has 1 N–H and O–H groups in total. The van der Waals surface area contributed by atoms with Gasteiger partial charge in [0.15, 0.2) is 5.13 Å². The highest BCUT2D eigenvalue weighted by molar-refractivity contribution is 7.18. The SMILES string of the molecule is C[C@H](Nc1ncc([N+](=O)[O-])s1)[C@H]1COc2ccccc21. The lowest BCUT2D eigenvalue weighted by molar-refractivity contribution is -0.380. The van der Waals surface area contributed by atoms with Crippen LogP contribution in [0.2, 0.25) is 0 Å². The zero-order chi connectivity index (χ0) is 14.1. The Labute approximate surface area is 119 Å². The van der Waals surface area contributed by atoms with Crippen molar-refractivity contribution in [3.05, 3.63) is 46.1 Å². The fraction of sp³-hybridized carbons (Fsp3) is 0.308. The molecule has 1 aliphatic rings. The van der Waals surface area contributed by atoms with E-state index in [4.69, 9.17) is 4.74 Å². The molecule has 104 valence electrons. The molecular formula is C13H13N3O3S. The average Bonchev–Trinajstić information content (AvgIpc) is 3.04. The molecule has 0 saturated carbocycles. The molecule has 2 heterocycles. The first-order valence-corrected chi connectivity index (χ1v) is 7.05. The van der Waals surface area contributed by atoms with Gasteiger partial charge in [-0.3, -0.25) is 10.1 Å². The highest BCUT2D eigenvalue weighted by atomic mass is 32.1. The number of thiazole rings is 1. The third kappa shape index (κ3) is 2.32. The third-order valence-corrected chi connectivity index (χ3v) is 4.25. The summed E-state index contributed by atoms with van der Waals surface area (Å²) in [5.41, 5.74) is 1.17. The van der Waals surface area contributed by atoms with Gasteiger partial charge in [-0.25, -0.2) is 4.98 Å². The Bertz CT molecular complexity index is 643. The van der Waals surface area contributed by atoms with Crippen molar-refractivity contribution >= 4 is 21.5 Å². The number of ether oxygens (including phenoxy) is 1. The quantitative estimate of drug-likeness (QED) is 0.692. The molecule has 20 heavy (non-hydrogen) atoms. The van der Waals surface area contributed by atoms with Crippen LogP contribution in [0.5, 0.6) is 5.75 Å². The molecule has 0 amide bonds. The molecule has 7 heteroatoms. The number of anilines is 1. The van der Waals surface area contributed by atoms with Crippen molar-refractivity contribution in [2.45, 2.75) is 18.9 Å². The number of nitrogens with one attached hydrogen (secondary N) is 1. The Kier molecular flexibility index (Phi) is 3.27. The van der Waals surface area contributed by atoms with E-state index in [0.717, 1.165) is 17.1 Å². The third-order valence-electron chi connectivity index (χ3n) is 3.37. The van der Waals surface area contributed by atoms with E-state index in [1.807, 2.05) is 25.1 Å². The summed E-state index contributed by atoms with van der Waals surface area (Å²) >= 11 is 1.05. The van der Waals surface area contributed by atoms with Crippen molar-refractivity contribution in [1.82, 2.24) is 4.98 Å². The highest BCUT2D eigenvalue weighted by Crippen LogP contribution is 2.37. The van der Waals surface area contributed by atoms with Crippen LogP contribution in [-0.2, 0) is 0 Å². The van der Waals surface area contributed by atoms with Crippen molar-refractivity contribution in [3.8, 4) is 5.75 Å². The van der Waals surface area contributed by atoms with Crippen LogP contribution in [0, 0.1) is 10.1 Å². The number of aromatic nitrogens is 1. The maximum Gasteiger partial charge on any atom is 0.345 e. The molecule has 0 aliphatic carbocycles. The van der Waals surface area contributed by atoms with Gasteiger partial charge in [0.2, 0.25) is 0 Å². The van der Waals surface area contributed by atoms with Gasteiger partial charge in [-0.15, -0.1) is 0 Å². The van der Waals surface area contributed by atoms with Gasteiger partial charge in [-0.05, 0) is 24.3 Å². The summed E-state index contributed by atoms with van der Waals surface area (Å²) in [5, 5.41) is 14.5. The highest BCUT2D eigenvalue weighted by Gasteiger charge is 2.29. The molecule has 1 aliphatic heterocycles. The van der Waals surface area contributed by atoms with Crippen LogP contribution >= 0.6 is 11.3 Å². The van der Waals surface area contributed by atoms with Crippen molar-refractivity contribution in [2.24, 2.45) is 0 Å². The Morgan fingerprint density at radius 3 is 3.10 bits per heavy atom. The van der Waals surface area contributed by atoms with Crippen LogP contribution in [0.25, 0.3) is 0 Å². The van der Waals surface area contributed by atoms with Crippen molar-refractivity contribution in [2.75, 3.05) is 11.9 Å². The number of hydrogen-bond donors (Lipinski definition) is 1. The van der Waals surface area contributed by atoms with E-state index in [0.29, 0.717) is 11.7 Å². The van der Waals surface area contributed by atoms with Gasteiger partial charge in [0.25, 0.3) is 0 Å². The minimum atomic E-state index is -0.429. The predicted octanol–water partition coefficient (Wildman–Crippen LogP) is 3.03. The maximum absolute atomic E-state index is 10.6. The van der Waals surface area contributed by atoms with Crippen LogP contribution in [0.3, 0.4) is 0 Å². The monoisotopic (exact) mass is 291 g/mol. The van der Waals surface area contributed by atoms with Crippen molar-refractivity contribution in [1.29, 1.82) is 0 Å². The van der Waals surface area contributed by atoms with Gasteiger partial charge in [0.1, 0.15) is 11.9 Å². The van der Waals surface area contributed by atoms with E-state index < -0.39 is 4.92 Å². The molecule has 0 saturated heterocycles. The minimum Gasteiger partial charge on any atom is -0.493 e.